The van der Waals surface area contributed by atoms with Gasteiger partial charge in [0.05, 0.1) is 17.6 Å². The van der Waals surface area contributed by atoms with Crippen molar-refractivity contribution >= 4 is 22.8 Å². The third-order valence-electron chi connectivity index (χ3n) is 4.77. The van der Waals surface area contributed by atoms with Gasteiger partial charge >= 0.3 is 5.97 Å². The number of nitrogens with zero attached hydrogens (tertiary/aromatic N) is 2. The van der Waals surface area contributed by atoms with Crippen LogP contribution in [0.5, 0.6) is 5.75 Å². The van der Waals surface area contributed by atoms with E-state index in [0.29, 0.717) is 11.3 Å². The van der Waals surface area contributed by atoms with Gasteiger partial charge in [-0.05, 0) is 38.4 Å². The Morgan fingerprint density at radius 1 is 1.14 bits per heavy atom. The van der Waals surface area contributed by atoms with Gasteiger partial charge in [0.2, 0.25) is 0 Å². The second-order valence-corrected chi connectivity index (χ2v) is 6.66. The standard InChI is InChI=1S/C22H21N3O3/c1-4-22(21(23)27,24(2)3)15-25-14-19(17-12-8-9-13-18(17)25)28-20(26)16-10-6-5-7-11-16/h1,5-14H,15H2,2-3H3,(H2,23,27). The Hall–Kier alpha value is -3.56. The predicted octanol–water partition coefficient (Wildman–Crippen LogP) is 2.28. The fourth-order valence-corrected chi connectivity index (χ4v) is 3.09. The lowest BCUT2D eigenvalue weighted by molar-refractivity contribution is -0.126. The Morgan fingerprint density at radius 3 is 2.39 bits per heavy atom. The van der Waals surface area contributed by atoms with E-state index in [-0.39, 0.29) is 6.54 Å². The summed E-state index contributed by atoms with van der Waals surface area (Å²) in [4.78, 5) is 26.2. The first-order valence-electron chi connectivity index (χ1n) is 8.69. The Morgan fingerprint density at radius 2 is 1.79 bits per heavy atom. The van der Waals surface area contributed by atoms with Gasteiger partial charge in [-0.1, -0.05) is 36.3 Å². The van der Waals surface area contributed by atoms with Gasteiger partial charge in [0, 0.05) is 11.6 Å². The summed E-state index contributed by atoms with van der Waals surface area (Å²) in [7, 11) is 3.40. The van der Waals surface area contributed by atoms with Crippen molar-refractivity contribution in [2.75, 3.05) is 14.1 Å². The molecule has 0 saturated carbocycles. The van der Waals surface area contributed by atoms with E-state index in [1.807, 2.05) is 30.3 Å². The van der Waals surface area contributed by atoms with Crippen LogP contribution in [0.15, 0.2) is 60.8 Å². The maximum absolute atomic E-state index is 12.5. The van der Waals surface area contributed by atoms with E-state index in [0.717, 1.165) is 10.9 Å². The minimum atomic E-state index is -1.32. The molecule has 0 aliphatic carbocycles. The first-order valence-corrected chi connectivity index (χ1v) is 8.69. The van der Waals surface area contributed by atoms with Gasteiger partial charge in [0.25, 0.3) is 5.91 Å². The number of rotatable bonds is 6. The van der Waals surface area contributed by atoms with Crippen LogP contribution in [0.2, 0.25) is 0 Å². The lowest BCUT2D eigenvalue weighted by atomic mass is 9.98. The summed E-state index contributed by atoms with van der Waals surface area (Å²) < 4.78 is 7.41. The molecule has 28 heavy (non-hydrogen) atoms. The van der Waals surface area contributed by atoms with Crippen LogP contribution in [0.3, 0.4) is 0 Å². The number of para-hydroxylation sites is 1. The van der Waals surface area contributed by atoms with E-state index < -0.39 is 17.4 Å². The number of ether oxygens (including phenoxy) is 1. The molecule has 0 spiro atoms. The van der Waals surface area contributed by atoms with Crippen molar-refractivity contribution in [2.45, 2.75) is 12.1 Å². The molecular weight excluding hydrogens is 354 g/mol. The maximum Gasteiger partial charge on any atom is 0.343 e. The molecule has 1 atom stereocenters. The number of hydrogen-bond donors (Lipinski definition) is 1. The summed E-state index contributed by atoms with van der Waals surface area (Å²) in [6.45, 7) is 0.120. The van der Waals surface area contributed by atoms with Crippen LogP contribution in [0.4, 0.5) is 0 Å². The Kier molecular flexibility index (Phi) is 5.21. The second-order valence-electron chi connectivity index (χ2n) is 6.66. The molecule has 1 unspecified atom stereocenters. The first kappa shape index (κ1) is 19.2. The summed E-state index contributed by atoms with van der Waals surface area (Å²) >= 11 is 0. The molecule has 0 radical (unpaired) electrons. The van der Waals surface area contributed by atoms with Crippen molar-refractivity contribution in [3.8, 4) is 18.1 Å². The molecule has 0 fully saturated rings. The number of nitrogens with two attached hydrogens (primary N) is 1. The van der Waals surface area contributed by atoms with Gasteiger partial charge in [-0.15, -0.1) is 6.42 Å². The number of hydrogen-bond acceptors (Lipinski definition) is 4. The van der Waals surface area contributed by atoms with Crippen LogP contribution < -0.4 is 10.5 Å². The van der Waals surface area contributed by atoms with Crippen LogP contribution in [-0.4, -0.2) is 41.0 Å². The zero-order valence-corrected chi connectivity index (χ0v) is 15.8. The second kappa shape index (κ2) is 7.59. The third-order valence-corrected chi connectivity index (χ3v) is 4.77. The molecule has 1 amide bonds. The number of carbonyl (C=O) groups excluding carboxylic acids is 2. The Bertz CT molecular complexity index is 1060. The van der Waals surface area contributed by atoms with Crippen LogP contribution in [0, 0.1) is 12.3 Å². The van der Waals surface area contributed by atoms with Gasteiger partial charge in [-0.25, -0.2) is 4.79 Å². The average molecular weight is 375 g/mol. The lowest BCUT2D eigenvalue weighted by Gasteiger charge is -2.32. The molecule has 1 heterocycles. The minimum absolute atomic E-state index is 0.120. The molecule has 0 aliphatic heterocycles. The summed E-state index contributed by atoms with van der Waals surface area (Å²) in [5, 5.41) is 0.737. The van der Waals surface area contributed by atoms with E-state index in [9.17, 15) is 9.59 Å². The number of amides is 1. The molecule has 2 N–H and O–H groups in total. The number of esters is 1. The largest absolute Gasteiger partial charge is 0.421 e. The smallest absolute Gasteiger partial charge is 0.343 e. The van der Waals surface area contributed by atoms with E-state index in [2.05, 4.69) is 5.92 Å². The van der Waals surface area contributed by atoms with Gasteiger partial charge in [0.1, 0.15) is 0 Å². The highest BCUT2D eigenvalue weighted by Crippen LogP contribution is 2.30. The normalized spacial score (nSPS) is 13.1. The summed E-state index contributed by atoms with van der Waals surface area (Å²) in [5.41, 5.74) is 5.53. The van der Waals surface area contributed by atoms with Crippen LogP contribution in [-0.2, 0) is 11.3 Å². The summed E-state index contributed by atoms with van der Waals surface area (Å²) in [5.74, 6) is 1.83. The first-order chi connectivity index (χ1) is 13.4. The zero-order chi connectivity index (χ0) is 20.3. The van der Waals surface area contributed by atoms with E-state index >= 15 is 0 Å². The quantitative estimate of drug-likeness (QED) is 0.530. The molecular formula is C22H21N3O3. The van der Waals surface area contributed by atoms with Crippen LogP contribution >= 0.6 is 0 Å². The topological polar surface area (TPSA) is 77.6 Å². The highest BCUT2D eigenvalue weighted by atomic mass is 16.5. The van der Waals surface area contributed by atoms with Crippen molar-refractivity contribution in [1.82, 2.24) is 9.47 Å². The number of primary amides is 1. The summed E-state index contributed by atoms with van der Waals surface area (Å²) in [6, 6.07) is 16.2. The highest BCUT2D eigenvalue weighted by Gasteiger charge is 2.38. The molecule has 3 aromatic rings. The van der Waals surface area contributed by atoms with Gasteiger partial charge in [-0.3, -0.25) is 9.69 Å². The van der Waals surface area contributed by atoms with Crippen molar-refractivity contribution in [1.29, 1.82) is 0 Å². The SMILES string of the molecule is C#CC(Cn1cc(OC(=O)c2ccccc2)c2ccccc21)(C(N)=O)N(C)C. The molecule has 0 bridgehead atoms. The molecule has 142 valence electrons. The molecule has 1 aromatic heterocycles. The molecule has 3 rings (SSSR count). The lowest BCUT2D eigenvalue weighted by Crippen LogP contribution is -2.56. The van der Waals surface area contributed by atoms with Gasteiger partial charge in [-0.2, -0.15) is 0 Å². The molecule has 2 aromatic carbocycles. The van der Waals surface area contributed by atoms with Gasteiger partial charge in [0.15, 0.2) is 11.3 Å². The average Bonchev–Trinajstić information content (AvgIpc) is 3.03. The van der Waals surface area contributed by atoms with E-state index in [1.54, 1.807) is 54.0 Å². The number of fused-ring (bicyclic) bond motifs is 1. The van der Waals surface area contributed by atoms with Crippen LogP contribution in [0.25, 0.3) is 10.9 Å². The zero-order valence-electron chi connectivity index (χ0n) is 15.8. The van der Waals surface area contributed by atoms with Crippen molar-refractivity contribution in [2.24, 2.45) is 5.73 Å². The van der Waals surface area contributed by atoms with E-state index in [1.165, 1.54) is 0 Å². The third kappa shape index (κ3) is 3.36. The number of benzene rings is 2. The highest BCUT2D eigenvalue weighted by molar-refractivity contribution is 5.95. The van der Waals surface area contributed by atoms with Crippen molar-refractivity contribution < 1.29 is 14.3 Å². The van der Waals surface area contributed by atoms with Gasteiger partial charge < -0.3 is 15.0 Å². The van der Waals surface area contributed by atoms with E-state index in [4.69, 9.17) is 16.9 Å². The summed E-state index contributed by atoms with van der Waals surface area (Å²) in [6.07, 6.45) is 7.34. The number of carbonyl (C=O) groups is 2. The number of aromatic nitrogens is 1. The predicted molar refractivity (Wildman–Crippen MR) is 108 cm³/mol. The number of terminal acetylenes is 1. The Balaban J connectivity index is 2.03. The number of likely N-dealkylation sites (N-methyl/N-ethyl adjacent to an activating group) is 1. The minimum Gasteiger partial charge on any atom is -0.421 e. The fourth-order valence-electron chi connectivity index (χ4n) is 3.09. The molecule has 6 heteroatoms. The van der Waals surface area contributed by atoms with Crippen molar-refractivity contribution in [3.63, 3.8) is 0 Å². The maximum atomic E-state index is 12.5. The molecule has 0 saturated heterocycles. The Labute approximate surface area is 163 Å². The monoisotopic (exact) mass is 375 g/mol. The van der Waals surface area contributed by atoms with Crippen LogP contribution in [0.1, 0.15) is 10.4 Å². The van der Waals surface area contributed by atoms with Crippen molar-refractivity contribution in [3.05, 3.63) is 66.4 Å². The fraction of sp³-hybridized carbons (Fsp3) is 0.182. The molecule has 0 aliphatic rings. The molecule has 6 nitrogen and oxygen atoms in total.